The maximum Gasteiger partial charge on any atom is 0.320 e. The number of anilines is 1. The number of nitrogens with zero attached hydrogens (tertiary/aromatic N) is 3. The highest BCUT2D eigenvalue weighted by molar-refractivity contribution is 5.71. The minimum absolute atomic E-state index is 0.0391. The molecule has 0 saturated carbocycles. The van der Waals surface area contributed by atoms with Crippen LogP contribution in [0.25, 0.3) is 0 Å². The van der Waals surface area contributed by atoms with E-state index in [4.69, 9.17) is 14.2 Å². The van der Waals surface area contributed by atoms with Crippen molar-refractivity contribution in [2.24, 2.45) is 5.92 Å². The first-order valence-corrected chi connectivity index (χ1v) is 11.1. The predicted octanol–water partition coefficient (Wildman–Crippen LogP) is 2.86. The second kappa shape index (κ2) is 11.3. The summed E-state index contributed by atoms with van der Waals surface area (Å²) in [5.41, 5.74) is 0.943. The number of rotatable bonds is 9. The van der Waals surface area contributed by atoms with Crippen LogP contribution >= 0.6 is 0 Å². The van der Waals surface area contributed by atoms with E-state index in [-0.39, 0.29) is 17.8 Å². The van der Waals surface area contributed by atoms with E-state index in [0.717, 1.165) is 64.2 Å². The number of hydrogen-bond acceptors (Lipinski definition) is 8. The van der Waals surface area contributed by atoms with Gasteiger partial charge in [0.05, 0.1) is 43.0 Å². The third-order valence-electron chi connectivity index (χ3n) is 6.09. The molecule has 2 aliphatic heterocycles. The topological polar surface area (TPSA) is 94.4 Å². The van der Waals surface area contributed by atoms with Crippen molar-refractivity contribution in [2.75, 3.05) is 57.9 Å². The Bertz CT molecular complexity index is 743. The average Bonchev–Trinajstić information content (AvgIpc) is 2.78. The van der Waals surface area contributed by atoms with Gasteiger partial charge in [-0.2, -0.15) is 0 Å². The highest BCUT2D eigenvalue weighted by Gasteiger charge is 2.26. The Morgan fingerprint density at radius 1 is 1.16 bits per heavy atom. The van der Waals surface area contributed by atoms with E-state index < -0.39 is 4.92 Å². The standard InChI is InChI=1S/C22H33N3O6/c1-3-30-22(26)15-23-10-8-19(9-11-23)31-16-17-6-12-24(13-7-17)20-5-4-18(25(27)28)14-21(20)29-2/h4-5,14,17,19H,3,6-13,15-16H2,1-2H3. The van der Waals surface area contributed by atoms with Crippen LogP contribution in [0, 0.1) is 16.0 Å². The molecule has 2 aliphatic rings. The van der Waals surface area contributed by atoms with Crippen molar-refractivity contribution in [1.29, 1.82) is 0 Å². The van der Waals surface area contributed by atoms with Gasteiger partial charge in [-0.05, 0) is 44.6 Å². The van der Waals surface area contributed by atoms with Gasteiger partial charge in [-0.3, -0.25) is 19.8 Å². The lowest BCUT2D eigenvalue weighted by molar-refractivity contribution is -0.384. The molecular formula is C22H33N3O6. The number of non-ortho nitro benzene ring substituents is 1. The molecule has 3 rings (SSSR count). The molecule has 0 aliphatic carbocycles. The van der Waals surface area contributed by atoms with Gasteiger partial charge in [0, 0.05) is 38.9 Å². The van der Waals surface area contributed by atoms with Crippen molar-refractivity contribution >= 4 is 17.3 Å². The number of likely N-dealkylation sites (tertiary alicyclic amines) is 1. The molecule has 0 amide bonds. The first-order valence-electron chi connectivity index (χ1n) is 11.1. The van der Waals surface area contributed by atoms with Crippen LogP contribution in [0.15, 0.2) is 18.2 Å². The van der Waals surface area contributed by atoms with Crippen molar-refractivity contribution in [2.45, 2.75) is 38.7 Å². The summed E-state index contributed by atoms with van der Waals surface area (Å²) in [7, 11) is 1.54. The predicted molar refractivity (Wildman–Crippen MR) is 117 cm³/mol. The maximum atomic E-state index is 11.6. The molecular weight excluding hydrogens is 402 g/mol. The second-order valence-electron chi connectivity index (χ2n) is 8.16. The molecule has 0 unspecified atom stereocenters. The van der Waals surface area contributed by atoms with E-state index >= 15 is 0 Å². The molecule has 9 nitrogen and oxygen atoms in total. The Hall–Kier alpha value is -2.39. The third kappa shape index (κ3) is 6.54. The number of nitro groups is 1. The third-order valence-corrected chi connectivity index (χ3v) is 6.09. The van der Waals surface area contributed by atoms with Gasteiger partial charge in [0.2, 0.25) is 0 Å². The lowest BCUT2D eigenvalue weighted by Crippen LogP contribution is -2.41. The van der Waals surface area contributed by atoms with Crippen molar-refractivity contribution in [1.82, 2.24) is 4.90 Å². The first kappa shape index (κ1) is 23.3. The molecule has 1 aromatic rings. The number of carbonyl (C=O) groups excluding carboxylic acids is 1. The number of methoxy groups -OCH3 is 1. The van der Waals surface area contributed by atoms with E-state index in [9.17, 15) is 14.9 Å². The fourth-order valence-electron chi connectivity index (χ4n) is 4.28. The zero-order valence-corrected chi connectivity index (χ0v) is 18.5. The molecule has 31 heavy (non-hydrogen) atoms. The Kier molecular flexibility index (Phi) is 8.48. The largest absolute Gasteiger partial charge is 0.494 e. The highest BCUT2D eigenvalue weighted by atomic mass is 16.6. The molecule has 2 fully saturated rings. The van der Waals surface area contributed by atoms with Crippen LogP contribution in [0.5, 0.6) is 5.75 Å². The number of ether oxygens (including phenoxy) is 3. The second-order valence-corrected chi connectivity index (χ2v) is 8.16. The molecule has 0 radical (unpaired) electrons. The van der Waals surface area contributed by atoms with Crippen molar-refractivity contribution in [3.05, 3.63) is 28.3 Å². The zero-order chi connectivity index (χ0) is 22.2. The summed E-state index contributed by atoms with van der Waals surface area (Å²) in [4.78, 5) is 26.6. The fraction of sp³-hybridized carbons (Fsp3) is 0.682. The van der Waals surface area contributed by atoms with E-state index in [1.54, 1.807) is 13.2 Å². The van der Waals surface area contributed by atoms with Crippen LogP contribution in [0.1, 0.15) is 32.6 Å². The number of hydrogen-bond donors (Lipinski definition) is 0. The fourth-order valence-corrected chi connectivity index (χ4v) is 4.28. The van der Waals surface area contributed by atoms with E-state index in [0.29, 0.717) is 24.8 Å². The van der Waals surface area contributed by atoms with Crippen LogP contribution in [-0.2, 0) is 14.3 Å². The van der Waals surface area contributed by atoms with E-state index in [2.05, 4.69) is 9.80 Å². The SMILES string of the molecule is CCOC(=O)CN1CCC(OCC2CCN(c3ccc([N+](=O)[O-])cc3OC)CC2)CC1. The number of benzene rings is 1. The van der Waals surface area contributed by atoms with Gasteiger partial charge < -0.3 is 19.1 Å². The minimum atomic E-state index is -0.406. The highest BCUT2D eigenvalue weighted by Crippen LogP contribution is 2.34. The Morgan fingerprint density at radius 2 is 1.87 bits per heavy atom. The number of nitro benzene ring substituents is 1. The molecule has 0 spiro atoms. The van der Waals surface area contributed by atoms with Crippen LogP contribution in [0.3, 0.4) is 0 Å². The van der Waals surface area contributed by atoms with Crippen molar-refractivity contribution in [3.63, 3.8) is 0 Å². The van der Waals surface area contributed by atoms with Crippen LogP contribution < -0.4 is 9.64 Å². The average molecular weight is 436 g/mol. The summed E-state index contributed by atoms with van der Waals surface area (Å²) < 4.78 is 16.6. The molecule has 0 aromatic heterocycles. The van der Waals surface area contributed by atoms with Gasteiger partial charge in [-0.15, -0.1) is 0 Å². The van der Waals surface area contributed by atoms with Crippen LogP contribution in [0.2, 0.25) is 0 Å². The molecule has 2 heterocycles. The molecule has 172 valence electrons. The van der Waals surface area contributed by atoms with E-state index in [1.165, 1.54) is 12.1 Å². The van der Waals surface area contributed by atoms with E-state index in [1.807, 2.05) is 6.92 Å². The Balaban J connectivity index is 1.39. The monoisotopic (exact) mass is 435 g/mol. The molecule has 1 aromatic carbocycles. The summed E-state index contributed by atoms with van der Waals surface area (Å²) in [6.45, 7) is 6.85. The van der Waals surface area contributed by atoms with Gasteiger partial charge in [0.25, 0.3) is 5.69 Å². The summed E-state index contributed by atoms with van der Waals surface area (Å²) in [6, 6.07) is 4.79. The zero-order valence-electron chi connectivity index (χ0n) is 18.5. The number of carbonyl (C=O) groups is 1. The minimum Gasteiger partial charge on any atom is -0.494 e. The Labute approximate surface area is 183 Å². The van der Waals surface area contributed by atoms with Gasteiger partial charge in [0.1, 0.15) is 5.75 Å². The summed E-state index contributed by atoms with van der Waals surface area (Å²) in [6.07, 6.45) is 4.17. The lowest BCUT2D eigenvalue weighted by atomic mass is 9.97. The molecule has 2 saturated heterocycles. The molecule has 9 heteroatoms. The maximum absolute atomic E-state index is 11.6. The normalized spacial score (nSPS) is 18.7. The molecule has 0 bridgehead atoms. The van der Waals surface area contributed by atoms with Crippen LogP contribution in [0.4, 0.5) is 11.4 Å². The van der Waals surface area contributed by atoms with Crippen molar-refractivity contribution in [3.8, 4) is 5.75 Å². The van der Waals surface area contributed by atoms with Gasteiger partial charge >= 0.3 is 5.97 Å². The Morgan fingerprint density at radius 3 is 2.48 bits per heavy atom. The smallest absolute Gasteiger partial charge is 0.320 e. The summed E-state index contributed by atoms with van der Waals surface area (Å²) >= 11 is 0. The van der Waals surface area contributed by atoms with Crippen LogP contribution in [-0.4, -0.2) is 74.9 Å². The quantitative estimate of drug-likeness (QED) is 0.332. The van der Waals surface area contributed by atoms with Gasteiger partial charge in [0.15, 0.2) is 0 Å². The van der Waals surface area contributed by atoms with Gasteiger partial charge in [-0.25, -0.2) is 0 Å². The van der Waals surface area contributed by atoms with Gasteiger partial charge in [-0.1, -0.05) is 0 Å². The van der Waals surface area contributed by atoms with Crippen molar-refractivity contribution < 1.29 is 23.9 Å². The lowest BCUT2D eigenvalue weighted by Gasteiger charge is -2.36. The summed E-state index contributed by atoms with van der Waals surface area (Å²) in [5.74, 6) is 0.898. The first-order chi connectivity index (χ1) is 15.0. The number of esters is 1. The number of piperidine rings is 2. The molecule has 0 atom stereocenters. The molecule has 0 N–H and O–H groups in total. The summed E-state index contributed by atoms with van der Waals surface area (Å²) in [5, 5.41) is 11.0.